The maximum Gasteiger partial charge on any atom is 0.417 e. The Bertz CT molecular complexity index is 1050. The molecule has 2 saturated heterocycles. The minimum atomic E-state index is -4.38. The fraction of sp³-hybridized carbons (Fsp3) is 0.571. The molecule has 0 aliphatic carbocycles. The minimum absolute atomic E-state index is 0.302. The predicted molar refractivity (Wildman–Crippen MR) is 120 cm³/mol. The molecule has 4 heterocycles. The number of rotatable bonds is 6. The summed E-state index contributed by atoms with van der Waals surface area (Å²) >= 11 is 0. The van der Waals surface area contributed by atoms with Crippen LogP contribution in [0, 0.1) is 5.92 Å². The molecule has 2 aliphatic rings. The van der Waals surface area contributed by atoms with Gasteiger partial charge in [0, 0.05) is 45.5 Å². The molecule has 2 aliphatic heterocycles. The highest BCUT2D eigenvalue weighted by molar-refractivity contribution is 7.88. The number of hydrogen-bond donors (Lipinski definition) is 0. The topological polar surface area (TPSA) is 91.8 Å². The van der Waals surface area contributed by atoms with Crippen LogP contribution in [-0.2, 0) is 16.2 Å². The number of aromatic nitrogens is 3. The summed E-state index contributed by atoms with van der Waals surface area (Å²) in [5.41, 5.74) is -0.747. The van der Waals surface area contributed by atoms with Crippen LogP contribution in [0.2, 0.25) is 0 Å². The Morgan fingerprint density at radius 2 is 1.56 bits per heavy atom. The van der Waals surface area contributed by atoms with E-state index in [9.17, 15) is 21.6 Å². The monoisotopic (exact) mass is 500 g/mol. The highest BCUT2D eigenvalue weighted by Gasteiger charge is 2.31. The molecule has 34 heavy (non-hydrogen) atoms. The zero-order chi connectivity index (χ0) is 24.3. The lowest BCUT2D eigenvalue weighted by atomic mass is 9.98. The summed E-state index contributed by atoms with van der Waals surface area (Å²) < 4.78 is 68.6. The van der Waals surface area contributed by atoms with E-state index in [-0.39, 0.29) is 0 Å². The van der Waals surface area contributed by atoms with Gasteiger partial charge in [0.05, 0.1) is 30.8 Å². The first-order valence-electron chi connectivity index (χ1n) is 11.0. The van der Waals surface area contributed by atoms with Crippen molar-refractivity contribution in [2.75, 3.05) is 61.9 Å². The van der Waals surface area contributed by atoms with Gasteiger partial charge in [-0.1, -0.05) is 0 Å². The van der Waals surface area contributed by atoms with Crippen molar-refractivity contribution in [3.8, 4) is 5.88 Å². The van der Waals surface area contributed by atoms with E-state index in [4.69, 9.17) is 4.74 Å². The first-order valence-corrected chi connectivity index (χ1v) is 12.9. The lowest BCUT2D eigenvalue weighted by Crippen LogP contribution is -2.48. The number of pyridine rings is 1. The first-order chi connectivity index (χ1) is 16.1. The molecule has 2 fully saturated rings. The highest BCUT2D eigenvalue weighted by Crippen LogP contribution is 2.30. The van der Waals surface area contributed by atoms with Gasteiger partial charge in [0.15, 0.2) is 0 Å². The van der Waals surface area contributed by atoms with E-state index in [1.807, 2.05) is 9.80 Å². The molecular weight excluding hydrogens is 473 g/mol. The number of alkyl halides is 3. The van der Waals surface area contributed by atoms with Crippen molar-refractivity contribution in [1.29, 1.82) is 0 Å². The molecule has 0 radical (unpaired) electrons. The van der Waals surface area contributed by atoms with E-state index < -0.39 is 21.8 Å². The molecule has 0 spiro atoms. The Balaban J connectivity index is 1.21. The van der Waals surface area contributed by atoms with Crippen LogP contribution in [0.25, 0.3) is 0 Å². The van der Waals surface area contributed by atoms with Gasteiger partial charge in [-0.15, -0.1) is 0 Å². The van der Waals surface area contributed by atoms with Gasteiger partial charge in [-0.05, 0) is 30.9 Å². The maximum atomic E-state index is 12.7. The summed E-state index contributed by atoms with van der Waals surface area (Å²) in [6.07, 6.45) is 2.56. The third-order valence-corrected chi connectivity index (χ3v) is 7.43. The van der Waals surface area contributed by atoms with Gasteiger partial charge >= 0.3 is 6.18 Å². The Hall–Kier alpha value is -2.67. The smallest absolute Gasteiger partial charge is 0.417 e. The van der Waals surface area contributed by atoms with Crippen LogP contribution in [0.1, 0.15) is 18.4 Å². The summed E-state index contributed by atoms with van der Waals surface area (Å²) in [6.45, 7) is 3.80. The van der Waals surface area contributed by atoms with Crippen LogP contribution in [0.5, 0.6) is 5.88 Å². The van der Waals surface area contributed by atoms with Crippen LogP contribution >= 0.6 is 0 Å². The van der Waals surface area contributed by atoms with E-state index in [1.54, 1.807) is 12.4 Å². The normalized spacial score (nSPS) is 18.8. The van der Waals surface area contributed by atoms with Gasteiger partial charge in [0.1, 0.15) is 11.6 Å². The maximum absolute atomic E-state index is 12.7. The molecule has 0 unspecified atom stereocenters. The predicted octanol–water partition coefficient (Wildman–Crippen LogP) is 2.27. The molecule has 2 aromatic heterocycles. The van der Waals surface area contributed by atoms with Crippen LogP contribution in [0.4, 0.5) is 24.8 Å². The van der Waals surface area contributed by atoms with E-state index in [0.717, 1.165) is 25.1 Å². The number of piperazine rings is 1. The van der Waals surface area contributed by atoms with Gasteiger partial charge in [-0.3, -0.25) is 0 Å². The number of nitrogens with zero attached hydrogens (tertiary/aromatic N) is 6. The first kappa shape index (κ1) is 24.5. The fourth-order valence-corrected chi connectivity index (χ4v) is 4.90. The number of anilines is 2. The van der Waals surface area contributed by atoms with Crippen molar-refractivity contribution < 1.29 is 26.3 Å². The molecule has 0 N–H and O–H groups in total. The average molecular weight is 501 g/mol. The molecule has 4 rings (SSSR count). The van der Waals surface area contributed by atoms with Crippen molar-refractivity contribution in [3.05, 3.63) is 36.3 Å². The third kappa shape index (κ3) is 6.06. The lowest BCUT2D eigenvalue weighted by molar-refractivity contribution is -0.137. The van der Waals surface area contributed by atoms with Gasteiger partial charge < -0.3 is 14.5 Å². The van der Waals surface area contributed by atoms with Crippen LogP contribution in [-0.4, -0.2) is 79.8 Å². The van der Waals surface area contributed by atoms with Crippen LogP contribution in [0.3, 0.4) is 0 Å². The summed E-state index contributed by atoms with van der Waals surface area (Å²) in [7, 11) is -3.18. The summed E-state index contributed by atoms with van der Waals surface area (Å²) in [4.78, 5) is 16.7. The molecule has 0 amide bonds. The van der Waals surface area contributed by atoms with E-state index in [0.29, 0.717) is 69.3 Å². The zero-order valence-electron chi connectivity index (χ0n) is 18.8. The van der Waals surface area contributed by atoms with Gasteiger partial charge in [0.2, 0.25) is 15.9 Å². The van der Waals surface area contributed by atoms with Gasteiger partial charge in [-0.2, -0.15) is 17.5 Å². The van der Waals surface area contributed by atoms with Crippen molar-refractivity contribution >= 4 is 21.7 Å². The molecule has 0 bridgehead atoms. The van der Waals surface area contributed by atoms with Crippen LogP contribution < -0.4 is 14.5 Å². The Kier molecular flexibility index (Phi) is 7.12. The number of hydrogen-bond acceptors (Lipinski definition) is 8. The second-order valence-electron chi connectivity index (χ2n) is 8.51. The Labute approximate surface area is 196 Å². The molecule has 9 nitrogen and oxygen atoms in total. The molecular formula is C21H27F3N6O3S. The largest absolute Gasteiger partial charge is 0.476 e. The van der Waals surface area contributed by atoms with Crippen molar-refractivity contribution in [3.63, 3.8) is 0 Å². The molecule has 2 aromatic rings. The minimum Gasteiger partial charge on any atom is -0.476 e. The molecule has 0 saturated carbocycles. The summed E-state index contributed by atoms with van der Waals surface area (Å²) in [6, 6.07) is 2.48. The second kappa shape index (κ2) is 9.90. The van der Waals surface area contributed by atoms with Gasteiger partial charge in [0.25, 0.3) is 0 Å². The fourth-order valence-electron chi connectivity index (χ4n) is 4.07. The number of halogens is 3. The third-order valence-electron chi connectivity index (χ3n) is 6.13. The van der Waals surface area contributed by atoms with Crippen LogP contribution in [0.15, 0.2) is 30.7 Å². The van der Waals surface area contributed by atoms with Gasteiger partial charge in [-0.25, -0.2) is 23.4 Å². The van der Waals surface area contributed by atoms with Crippen molar-refractivity contribution in [2.45, 2.75) is 19.0 Å². The molecule has 0 atom stereocenters. The average Bonchev–Trinajstić information content (AvgIpc) is 2.82. The quantitative estimate of drug-likeness (QED) is 0.597. The Morgan fingerprint density at radius 1 is 0.912 bits per heavy atom. The number of piperidine rings is 1. The summed E-state index contributed by atoms with van der Waals surface area (Å²) in [5.74, 6) is 1.95. The van der Waals surface area contributed by atoms with Crippen molar-refractivity contribution in [2.24, 2.45) is 5.92 Å². The Morgan fingerprint density at radius 3 is 2.09 bits per heavy atom. The summed E-state index contributed by atoms with van der Waals surface area (Å²) in [5, 5.41) is 0. The zero-order valence-corrected chi connectivity index (χ0v) is 19.6. The van der Waals surface area contributed by atoms with E-state index in [1.165, 1.54) is 16.6 Å². The standard InChI is InChI=1S/C21H27F3N6O3S/c1-34(31,32)30-10-8-29(9-11-30)19-13-27-20(14-26-19)33-15-16-4-6-28(7-5-16)18-3-2-17(12-25-18)21(22,23)24/h2-3,12-14,16H,4-11,15H2,1H3. The molecule has 13 heteroatoms. The second-order valence-corrected chi connectivity index (χ2v) is 10.5. The number of ether oxygens (including phenoxy) is 1. The van der Waals surface area contributed by atoms with E-state index in [2.05, 4.69) is 15.0 Å². The van der Waals surface area contributed by atoms with E-state index >= 15 is 0 Å². The molecule has 0 aromatic carbocycles. The molecule has 186 valence electrons. The van der Waals surface area contributed by atoms with Crippen molar-refractivity contribution in [1.82, 2.24) is 19.3 Å². The number of sulfonamides is 1. The highest BCUT2D eigenvalue weighted by atomic mass is 32.2. The lowest BCUT2D eigenvalue weighted by Gasteiger charge is -2.33. The SMILES string of the molecule is CS(=O)(=O)N1CCN(c2cnc(OCC3CCN(c4ccc(C(F)(F)F)cn4)CC3)cn2)CC1.